The van der Waals surface area contributed by atoms with Crippen LogP contribution in [0.4, 0.5) is 5.69 Å². The number of aldehydes is 1. The molecule has 7 nitrogen and oxygen atoms in total. The van der Waals surface area contributed by atoms with Crippen LogP contribution < -0.4 is 19.1 Å². The molecule has 0 radical (unpaired) electrons. The van der Waals surface area contributed by atoms with Gasteiger partial charge >= 0.3 is 5.97 Å². The molecule has 0 saturated carbocycles. The smallest absolute Gasteiger partial charge is 0.349 e. The number of anilines is 1. The second-order valence-electron chi connectivity index (χ2n) is 7.33. The molecular weight excluding hydrogens is 566 g/mol. The second kappa shape index (κ2) is 11.5. The van der Waals surface area contributed by atoms with Crippen molar-refractivity contribution in [2.24, 2.45) is 0 Å². The van der Waals surface area contributed by atoms with Crippen molar-refractivity contribution in [1.82, 2.24) is 0 Å². The molecule has 3 aromatic carbocycles. The number of carbonyl (C=O) groups excluding carboxylic acids is 3. The van der Waals surface area contributed by atoms with E-state index >= 15 is 0 Å². The number of hydrogen-bond donors (Lipinski definition) is 0. The maximum absolute atomic E-state index is 13.0. The average molecular weight is 584 g/mol. The summed E-state index contributed by atoms with van der Waals surface area (Å²) in [6.07, 6.45) is 2.32. The predicted octanol–water partition coefficient (Wildman–Crippen LogP) is 5.66. The largest absolute Gasteiger partial charge is 0.493 e. The number of thioether (sulfide) groups is 1. The lowest BCUT2D eigenvalue weighted by Crippen LogP contribution is -2.27. The van der Waals surface area contributed by atoms with Crippen molar-refractivity contribution in [2.45, 2.75) is 0 Å². The Labute approximate surface area is 225 Å². The quantitative estimate of drug-likeness (QED) is 0.110. The third kappa shape index (κ3) is 5.84. The number of thiocarbonyl (C=S) groups is 1. The number of amides is 1. The first-order valence-corrected chi connectivity index (χ1v) is 12.5. The first-order valence-electron chi connectivity index (χ1n) is 10.5. The minimum Gasteiger partial charge on any atom is -0.493 e. The molecule has 36 heavy (non-hydrogen) atoms. The van der Waals surface area contributed by atoms with Crippen LogP contribution in [0.1, 0.15) is 15.9 Å². The van der Waals surface area contributed by atoms with E-state index in [1.807, 2.05) is 30.3 Å². The standard InChI is InChI=1S/C26H18BrNO6S2/c1-32-22-11-16(12-23-25(31)28(26(35)36-23)19-5-3-2-4-6-19)7-10-20(22)33-15-24(30)34-21-13-18(27)9-8-17(21)14-29/h2-14H,15H2,1H3/b23-12-. The summed E-state index contributed by atoms with van der Waals surface area (Å²) >= 11 is 9.90. The highest BCUT2D eigenvalue weighted by molar-refractivity contribution is 9.10. The van der Waals surface area contributed by atoms with Gasteiger partial charge in [0.05, 0.1) is 23.3 Å². The third-order valence-electron chi connectivity index (χ3n) is 4.97. The fourth-order valence-corrected chi connectivity index (χ4v) is 4.93. The van der Waals surface area contributed by atoms with Gasteiger partial charge < -0.3 is 14.2 Å². The molecule has 0 atom stereocenters. The van der Waals surface area contributed by atoms with Crippen molar-refractivity contribution in [3.63, 3.8) is 0 Å². The van der Waals surface area contributed by atoms with Crippen LogP contribution in [0.25, 0.3) is 6.08 Å². The summed E-state index contributed by atoms with van der Waals surface area (Å²) in [5.41, 5.74) is 1.64. The lowest BCUT2D eigenvalue weighted by molar-refractivity contribution is -0.136. The van der Waals surface area contributed by atoms with Gasteiger partial charge in [-0.1, -0.05) is 64.2 Å². The average Bonchev–Trinajstić information content (AvgIpc) is 3.16. The van der Waals surface area contributed by atoms with Gasteiger partial charge in [0.2, 0.25) is 0 Å². The van der Waals surface area contributed by atoms with E-state index in [0.717, 1.165) is 0 Å². The molecule has 3 aromatic rings. The van der Waals surface area contributed by atoms with Crippen LogP contribution in [0.5, 0.6) is 17.2 Å². The molecule has 1 saturated heterocycles. The Hall–Kier alpha value is -3.47. The second-order valence-corrected chi connectivity index (χ2v) is 9.92. The Bertz CT molecular complexity index is 1380. The predicted molar refractivity (Wildman–Crippen MR) is 146 cm³/mol. The van der Waals surface area contributed by atoms with E-state index in [1.165, 1.54) is 35.9 Å². The fourth-order valence-electron chi connectivity index (χ4n) is 3.29. The molecule has 4 rings (SSSR count). The SMILES string of the molecule is COc1cc(/C=C2\SC(=S)N(c3ccccc3)C2=O)ccc1OCC(=O)Oc1cc(Br)ccc1C=O. The van der Waals surface area contributed by atoms with Gasteiger partial charge in [-0.25, -0.2) is 4.79 Å². The molecule has 0 bridgehead atoms. The van der Waals surface area contributed by atoms with E-state index in [-0.39, 0.29) is 17.2 Å². The van der Waals surface area contributed by atoms with Crippen LogP contribution in [0, 0.1) is 0 Å². The lowest BCUT2D eigenvalue weighted by Gasteiger charge is -2.14. The molecule has 1 fully saturated rings. The summed E-state index contributed by atoms with van der Waals surface area (Å²) in [5.74, 6) is -0.0880. The Kier molecular flexibility index (Phi) is 8.19. The van der Waals surface area contributed by atoms with Crippen molar-refractivity contribution in [2.75, 3.05) is 18.6 Å². The number of benzene rings is 3. The van der Waals surface area contributed by atoms with Crippen molar-refractivity contribution >= 4 is 74.2 Å². The van der Waals surface area contributed by atoms with Gasteiger partial charge in [-0.2, -0.15) is 0 Å². The van der Waals surface area contributed by atoms with E-state index in [4.69, 9.17) is 26.4 Å². The van der Waals surface area contributed by atoms with Crippen molar-refractivity contribution in [1.29, 1.82) is 0 Å². The van der Waals surface area contributed by atoms with Crippen LogP contribution in [-0.2, 0) is 9.59 Å². The number of rotatable bonds is 8. The molecule has 0 N–H and O–H groups in total. The van der Waals surface area contributed by atoms with Gasteiger partial charge in [0.1, 0.15) is 5.75 Å². The summed E-state index contributed by atoms with van der Waals surface area (Å²) in [4.78, 5) is 38.4. The van der Waals surface area contributed by atoms with Crippen LogP contribution in [0.2, 0.25) is 0 Å². The van der Waals surface area contributed by atoms with Gasteiger partial charge in [-0.3, -0.25) is 14.5 Å². The first-order chi connectivity index (χ1) is 17.4. The van der Waals surface area contributed by atoms with Crippen LogP contribution in [0.3, 0.4) is 0 Å². The van der Waals surface area contributed by atoms with Gasteiger partial charge in [0, 0.05) is 4.47 Å². The van der Waals surface area contributed by atoms with E-state index in [0.29, 0.717) is 42.7 Å². The summed E-state index contributed by atoms with van der Waals surface area (Å²) in [5, 5.41) is 0. The molecule has 10 heteroatoms. The topological polar surface area (TPSA) is 82.1 Å². The monoisotopic (exact) mass is 583 g/mol. The summed E-state index contributed by atoms with van der Waals surface area (Å²) in [7, 11) is 1.47. The number of nitrogens with zero attached hydrogens (tertiary/aromatic N) is 1. The number of carbonyl (C=O) groups is 3. The number of ether oxygens (including phenoxy) is 3. The van der Waals surface area contributed by atoms with Gasteiger partial charge in [0.25, 0.3) is 5.91 Å². The maximum Gasteiger partial charge on any atom is 0.349 e. The van der Waals surface area contributed by atoms with Gasteiger partial charge in [-0.15, -0.1) is 0 Å². The molecule has 1 aliphatic heterocycles. The Morgan fingerprint density at radius 3 is 2.56 bits per heavy atom. The zero-order valence-corrected chi connectivity index (χ0v) is 22.0. The summed E-state index contributed by atoms with van der Waals surface area (Å²) < 4.78 is 17.4. The number of esters is 1. The highest BCUT2D eigenvalue weighted by atomic mass is 79.9. The van der Waals surface area contributed by atoms with Crippen LogP contribution in [0.15, 0.2) is 76.1 Å². The first kappa shape index (κ1) is 25.6. The third-order valence-corrected chi connectivity index (χ3v) is 6.76. The minimum atomic E-state index is -0.688. The van der Waals surface area contributed by atoms with Crippen molar-refractivity contribution < 1.29 is 28.6 Å². The molecule has 1 aliphatic rings. The number of halogens is 1. The molecular formula is C26H18BrNO6S2. The Morgan fingerprint density at radius 1 is 1.06 bits per heavy atom. The summed E-state index contributed by atoms with van der Waals surface area (Å²) in [6, 6.07) is 19.0. The van der Waals surface area contributed by atoms with Gasteiger partial charge in [-0.05, 0) is 54.1 Å². The van der Waals surface area contributed by atoms with E-state index < -0.39 is 12.6 Å². The minimum absolute atomic E-state index is 0.128. The zero-order chi connectivity index (χ0) is 25.7. The molecule has 0 spiro atoms. The number of methoxy groups -OCH3 is 1. The molecule has 182 valence electrons. The highest BCUT2D eigenvalue weighted by Crippen LogP contribution is 2.37. The number of para-hydroxylation sites is 1. The Morgan fingerprint density at radius 2 is 1.83 bits per heavy atom. The maximum atomic E-state index is 13.0. The summed E-state index contributed by atoms with van der Waals surface area (Å²) in [6.45, 7) is -0.406. The van der Waals surface area contributed by atoms with Crippen molar-refractivity contribution in [3.05, 3.63) is 87.2 Å². The fraction of sp³-hybridized carbons (Fsp3) is 0.0769. The van der Waals surface area contributed by atoms with Crippen LogP contribution in [-0.4, -0.2) is 36.2 Å². The lowest BCUT2D eigenvalue weighted by atomic mass is 10.2. The van der Waals surface area contributed by atoms with Crippen molar-refractivity contribution in [3.8, 4) is 17.2 Å². The molecule has 1 heterocycles. The zero-order valence-electron chi connectivity index (χ0n) is 18.8. The molecule has 0 aromatic heterocycles. The normalized spacial score (nSPS) is 14.2. The number of hydrogen-bond acceptors (Lipinski definition) is 8. The molecule has 0 aliphatic carbocycles. The van der Waals surface area contributed by atoms with Gasteiger partial charge in [0.15, 0.2) is 28.7 Å². The van der Waals surface area contributed by atoms with E-state index in [2.05, 4.69) is 15.9 Å². The molecule has 1 amide bonds. The molecule has 0 unspecified atom stereocenters. The van der Waals surface area contributed by atoms with Crippen LogP contribution >= 0.6 is 39.9 Å². The van der Waals surface area contributed by atoms with E-state index in [1.54, 1.807) is 30.3 Å². The highest BCUT2D eigenvalue weighted by Gasteiger charge is 2.33. The Balaban J connectivity index is 1.45. The van der Waals surface area contributed by atoms with E-state index in [9.17, 15) is 14.4 Å².